The van der Waals surface area contributed by atoms with Crippen LogP contribution in [0.15, 0.2) is 146 Å². The average Bonchev–Trinajstić information content (AvgIpc) is 4.08. The fourth-order valence-corrected chi connectivity index (χ4v) is 9.65. The molecule has 2 aliphatic heterocycles. The SMILES string of the molecule is NCCCC[C@@H]1NC(=O)[C@@H](Cc2c[nH]c3ccccc23)NC(=O)[C@H](c2ccccc2)NC(=O)[C@@H]2C[C@@H](OC(=O)NCCN)CN2C(=O)[C@@H](Cc2ccccc2)NC(=O)[C@H](Cc2ccc(OCc3ccccc3)cc2)NC1=O. The summed E-state index contributed by atoms with van der Waals surface area (Å²) in [6, 6.07) is 33.6. The van der Waals surface area contributed by atoms with Crippen LogP contribution in [0.4, 0.5) is 4.79 Å². The molecule has 6 aromatic rings. The number of amides is 7. The number of fused-ring (bicyclic) bond motifs is 2. The predicted octanol–water partition coefficient (Wildman–Crippen LogP) is 3.37. The van der Waals surface area contributed by atoms with Gasteiger partial charge in [0.1, 0.15) is 54.7 Å². The maximum atomic E-state index is 15.3. The maximum absolute atomic E-state index is 15.3. The Morgan fingerprint density at radius 1 is 0.584 bits per heavy atom. The standard InChI is InChI=1S/C58H66N10O9/c59-27-13-12-22-46-52(69)64-47(30-38-23-25-42(26-24-38)76-36-39-16-6-2-7-17-39)53(70)66-49(31-37-14-4-1-5-15-37)57(74)68-35-43(77-58(75)61-29-28-60)33-50(68)55(72)67-51(40-18-8-3-9-19-40)56(73)65-48(54(71)63-46)32-41-34-62-45-21-11-10-20-44(41)45/h1-11,14-21,23-26,34,43,46-51,62H,12-13,22,27-33,35-36,59-60H2,(H,61,75)(H,63,71)(H,64,69)(H,65,73)(H,66,70)(H,67,72)/t43-,46+,47+,48-,49-,50+,51+/m1/s1. The number of aromatic nitrogens is 1. The van der Waals surface area contributed by atoms with Gasteiger partial charge in [0.25, 0.3) is 0 Å². The van der Waals surface area contributed by atoms with E-state index in [0.29, 0.717) is 54.0 Å². The Kier molecular flexibility index (Phi) is 19.0. The van der Waals surface area contributed by atoms with E-state index in [1.807, 2.05) is 60.7 Å². The minimum Gasteiger partial charge on any atom is -0.489 e. The molecule has 0 aliphatic carbocycles. The fourth-order valence-electron chi connectivity index (χ4n) is 9.65. The first-order valence-corrected chi connectivity index (χ1v) is 26.0. The van der Waals surface area contributed by atoms with Gasteiger partial charge in [0.05, 0.1) is 6.54 Å². The number of rotatable bonds is 17. The van der Waals surface area contributed by atoms with Crippen molar-refractivity contribution in [2.75, 3.05) is 26.2 Å². The normalized spacial score (nSPS) is 21.6. The topological polar surface area (TPSA) is 281 Å². The molecule has 2 saturated heterocycles. The maximum Gasteiger partial charge on any atom is 0.407 e. The summed E-state index contributed by atoms with van der Waals surface area (Å²) in [6.07, 6.45) is 0.652. The number of carbonyl (C=O) groups excluding carboxylic acids is 7. The number of benzene rings is 5. The van der Waals surface area contributed by atoms with Crippen LogP contribution in [0.3, 0.4) is 0 Å². The number of nitrogens with zero attached hydrogens (tertiary/aromatic N) is 1. The summed E-state index contributed by atoms with van der Waals surface area (Å²) >= 11 is 0. The van der Waals surface area contributed by atoms with Crippen molar-refractivity contribution in [3.05, 3.63) is 174 Å². The molecule has 0 saturated carbocycles. The predicted molar refractivity (Wildman–Crippen MR) is 288 cm³/mol. The van der Waals surface area contributed by atoms with E-state index in [1.165, 1.54) is 4.90 Å². The highest BCUT2D eigenvalue weighted by atomic mass is 16.6. The molecular weight excluding hydrogens is 981 g/mol. The highest BCUT2D eigenvalue weighted by Crippen LogP contribution is 2.26. The van der Waals surface area contributed by atoms with Crippen LogP contribution >= 0.6 is 0 Å². The van der Waals surface area contributed by atoms with E-state index in [4.69, 9.17) is 20.9 Å². The molecule has 2 fully saturated rings. The van der Waals surface area contributed by atoms with E-state index >= 15 is 9.59 Å². The van der Waals surface area contributed by atoms with Crippen LogP contribution in [0.25, 0.3) is 10.9 Å². The zero-order valence-electron chi connectivity index (χ0n) is 42.7. The Bertz CT molecular complexity index is 2960. The van der Waals surface area contributed by atoms with E-state index in [-0.39, 0.29) is 51.7 Å². The summed E-state index contributed by atoms with van der Waals surface area (Å²) < 4.78 is 11.8. The van der Waals surface area contributed by atoms with Gasteiger partial charge >= 0.3 is 6.09 Å². The van der Waals surface area contributed by atoms with Crippen molar-refractivity contribution in [3.63, 3.8) is 0 Å². The monoisotopic (exact) mass is 1050 g/mol. The van der Waals surface area contributed by atoms with Gasteiger partial charge in [0.2, 0.25) is 35.4 Å². The number of carbonyl (C=O) groups is 7. The molecule has 402 valence electrons. The molecule has 19 nitrogen and oxygen atoms in total. The van der Waals surface area contributed by atoms with Crippen molar-refractivity contribution in [1.82, 2.24) is 41.8 Å². The fraction of sp³-hybridized carbons (Fsp3) is 0.328. The molecular formula is C58H66N10O9. The zero-order valence-corrected chi connectivity index (χ0v) is 42.7. The Morgan fingerprint density at radius 3 is 1.87 bits per heavy atom. The van der Waals surface area contributed by atoms with Crippen molar-refractivity contribution in [2.24, 2.45) is 11.5 Å². The minimum atomic E-state index is -1.42. The van der Waals surface area contributed by atoms with Crippen molar-refractivity contribution >= 4 is 52.4 Å². The van der Waals surface area contributed by atoms with Gasteiger partial charge in [0, 0.05) is 55.9 Å². The molecule has 0 radical (unpaired) electrons. The number of alkyl carbamates (subject to hydrolysis) is 1. The Balaban J connectivity index is 1.19. The summed E-state index contributed by atoms with van der Waals surface area (Å²) in [5, 5.41) is 17.9. The number of hydrogen-bond donors (Lipinski definition) is 9. The van der Waals surface area contributed by atoms with Crippen LogP contribution in [0.5, 0.6) is 5.75 Å². The third-order valence-corrected chi connectivity index (χ3v) is 13.7. The molecule has 5 aromatic carbocycles. The molecule has 3 heterocycles. The van der Waals surface area contributed by atoms with Crippen LogP contribution < -0.4 is 48.1 Å². The number of unbranched alkanes of at least 4 members (excludes halogenated alkanes) is 1. The van der Waals surface area contributed by atoms with Gasteiger partial charge in [-0.25, -0.2) is 4.79 Å². The van der Waals surface area contributed by atoms with Crippen LogP contribution in [-0.2, 0) is 59.4 Å². The van der Waals surface area contributed by atoms with Crippen LogP contribution in [-0.4, -0.2) is 114 Å². The van der Waals surface area contributed by atoms with Gasteiger partial charge in [-0.3, -0.25) is 28.8 Å². The molecule has 0 spiro atoms. The number of nitrogens with two attached hydrogens (primary N) is 2. The third kappa shape index (κ3) is 14.9. The van der Waals surface area contributed by atoms with Gasteiger partial charge < -0.3 is 62.7 Å². The lowest BCUT2D eigenvalue weighted by molar-refractivity contribution is -0.143. The molecule has 7 amide bonds. The second-order valence-corrected chi connectivity index (χ2v) is 19.2. The molecule has 7 atom stereocenters. The van der Waals surface area contributed by atoms with E-state index in [9.17, 15) is 24.0 Å². The summed E-state index contributed by atoms with van der Waals surface area (Å²) in [5.74, 6) is -3.76. The third-order valence-electron chi connectivity index (χ3n) is 13.7. The Labute approximate surface area is 446 Å². The second-order valence-electron chi connectivity index (χ2n) is 19.2. The molecule has 11 N–H and O–H groups in total. The lowest BCUT2D eigenvalue weighted by Gasteiger charge is -2.32. The molecule has 77 heavy (non-hydrogen) atoms. The lowest BCUT2D eigenvalue weighted by Crippen LogP contribution is -2.61. The number of hydrogen-bond acceptors (Lipinski definition) is 11. The number of para-hydroxylation sites is 1. The van der Waals surface area contributed by atoms with E-state index < -0.39 is 83.9 Å². The van der Waals surface area contributed by atoms with E-state index in [1.54, 1.807) is 85.1 Å². The summed E-state index contributed by atoms with van der Waals surface area (Å²) in [5.41, 5.74) is 15.7. The zero-order chi connectivity index (χ0) is 54.1. The summed E-state index contributed by atoms with van der Waals surface area (Å²) in [4.78, 5) is 107. The van der Waals surface area contributed by atoms with Crippen LogP contribution in [0.1, 0.15) is 59.5 Å². The number of aromatic amines is 1. The van der Waals surface area contributed by atoms with Crippen LogP contribution in [0.2, 0.25) is 0 Å². The first-order chi connectivity index (χ1) is 37.5. The number of H-pyrrole nitrogens is 1. The number of nitrogens with one attached hydrogen (secondary N) is 7. The highest BCUT2D eigenvalue weighted by molar-refractivity contribution is 5.99. The molecule has 2 aliphatic rings. The minimum absolute atomic E-state index is 0.0385. The van der Waals surface area contributed by atoms with Crippen molar-refractivity contribution < 1.29 is 43.0 Å². The Hall–Kier alpha value is -8.55. The van der Waals surface area contributed by atoms with Gasteiger partial charge in [0.15, 0.2) is 0 Å². The first-order valence-electron chi connectivity index (χ1n) is 26.0. The van der Waals surface area contributed by atoms with Crippen molar-refractivity contribution in [3.8, 4) is 5.75 Å². The molecule has 8 rings (SSSR count). The van der Waals surface area contributed by atoms with E-state index in [2.05, 4.69) is 36.9 Å². The first kappa shape index (κ1) is 54.7. The number of ether oxygens (including phenoxy) is 2. The molecule has 0 bridgehead atoms. The Morgan fingerprint density at radius 2 is 1.17 bits per heavy atom. The average molecular weight is 1050 g/mol. The molecule has 1 aromatic heterocycles. The van der Waals surface area contributed by atoms with E-state index in [0.717, 1.165) is 16.5 Å². The highest BCUT2D eigenvalue weighted by Gasteiger charge is 2.45. The van der Waals surface area contributed by atoms with Gasteiger partial charge in [-0.05, 0) is 71.8 Å². The summed E-state index contributed by atoms with van der Waals surface area (Å²) in [6.45, 7) is 0.617. The van der Waals surface area contributed by atoms with Gasteiger partial charge in [-0.15, -0.1) is 0 Å². The van der Waals surface area contributed by atoms with Crippen molar-refractivity contribution in [2.45, 2.75) is 93.9 Å². The molecule has 19 heteroatoms. The lowest BCUT2D eigenvalue weighted by atomic mass is 9.99. The quantitative estimate of drug-likeness (QED) is 0.0598. The largest absolute Gasteiger partial charge is 0.489 e. The van der Waals surface area contributed by atoms with Gasteiger partial charge in [-0.1, -0.05) is 121 Å². The second kappa shape index (κ2) is 26.8. The smallest absolute Gasteiger partial charge is 0.407 e. The summed E-state index contributed by atoms with van der Waals surface area (Å²) in [7, 11) is 0. The van der Waals surface area contributed by atoms with Crippen LogP contribution in [0, 0.1) is 0 Å². The molecule has 0 unspecified atom stereocenters. The van der Waals surface area contributed by atoms with Crippen molar-refractivity contribution in [1.29, 1.82) is 0 Å². The van der Waals surface area contributed by atoms with Gasteiger partial charge in [-0.2, -0.15) is 0 Å².